The highest BCUT2D eigenvalue weighted by Crippen LogP contribution is 2.49. The summed E-state index contributed by atoms with van der Waals surface area (Å²) in [5.41, 5.74) is 9.14. The largest absolute Gasteiger partial charge is 0.366 e. The Bertz CT molecular complexity index is 666. The van der Waals surface area contributed by atoms with Crippen LogP contribution in [0.15, 0.2) is 18.2 Å². The third kappa shape index (κ3) is 2.48. The summed E-state index contributed by atoms with van der Waals surface area (Å²) in [6, 6.07) is 6.78. The van der Waals surface area contributed by atoms with Gasteiger partial charge < -0.3 is 5.73 Å². The number of primary amides is 1. The van der Waals surface area contributed by atoms with Gasteiger partial charge in [-0.2, -0.15) is 0 Å². The van der Waals surface area contributed by atoms with E-state index in [1.165, 1.54) is 43.5 Å². The van der Waals surface area contributed by atoms with Crippen molar-refractivity contribution < 1.29 is 4.79 Å². The van der Waals surface area contributed by atoms with Gasteiger partial charge in [0.1, 0.15) is 0 Å². The van der Waals surface area contributed by atoms with Crippen molar-refractivity contribution >= 4 is 5.91 Å². The van der Waals surface area contributed by atoms with Gasteiger partial charge in [0, 0.05) is 18.2 Å². The van der Waals surface area contributed by atoms with Crippen LogP contribution in [0.25, 0.3) is 0 Å². The summed E-state index contributed by atoms with van der Waals surface area (Å²) in [4.78, 5) is 14.4. The minimum atomic E-state index is -0.313. The molecule has 2 aliphatic carbocycles. The zero-order valence-corrected chi connectivity index (χ0v) is 15.2. The number of hydrogen-bond donors (Lipinski definition) is 1. The highest BCUT2D eigenvalue weighted by atomic mass is 16.1. The molecule has 1 amide bonds. The average Bonchev–Trinajstić information content (AvgIpc) is 3.38. The topological polar surface area (TPSA) is 46.3 Å². The number of hydrogen-bond acceptors (Lipinski definition) is 2. The zero-order chi connectivity index (χ0) is 17.1. The van der Waals surface area contributed by atoms with E-state index in [4.69, 9.17) is 5.73 Å². The number of likely N-dealkylation sites (tertiary alicyclic amines) is 1. The lowest BCUT2D eigenvalue weighted by Gasteiger charge is -2.55. The fourth-order valence-electron chi connectivity index (χ4n) is 5.27. The Hall–Kier alpha value is -1.35. The first-order valence-electron chi connectivity index (χ1n) is 9.57. The number of amides is 1. The van der Waals surface area contributed by atoms with Crippen molar-refractivity contribution in [1.82, 2.24) is 4.90 Å². The van der Waals surface area contributed by atoms with E-state index in [1.807, 2.05) is 6.07 Å². The lowest BCUT2D eigenvalue weighted by Crippen LogP contribution is -2.58. The van der Waals surface area contributed by atoms with Crippen LogP contribution in [0.5, 0.6) is 0 Å². The van der Waals surface area contributed by atoms with Crippen molar-refractivity contribution in [2.75, 3.05) is 13.1 Å². The van der Waals surface area contributed by atoms with E-state index < -0.39 is 0 Å². The number of fused-ring (bicyclic) bond motifs is 4. The number of nitrogens with two attached hydrogens (primary N) is 1. The second-order valence-corrected chi connectivity index (χ2v) is 8.77. The Morgan fingerprint density at radius 2 is 2.17 bits per heavy atom. The van der Waals surface area contributed by atoms with Gasteiger partial charge in [0.05, 0.1) is 0 Å². The Kier molecular flexibility index (Phi) is 3.76. The molecule has 2 bridgehead atoms. The molecule has 130 valence electrons. The van der Waals surface area contributed by atoms with E-state index in [0.29, 0.717) is 17.5 Å². The number of carbonyl (C=O) groups is 1. The fraction of sp³-hybridized carbons (Fsp3) is 0.667. The number of benzene rings is 1. The monoisotopic (exact) mass is 326 g/mol. The Morgan fingerprint density at radius 1 is 1.42 bits per heavy atom. The molecule has 3 nitrogen and oxygen atoms in total. The molecule has 1 aromatic carbocycles. The average molecular weight is 326 g/mol. The number of piperidine rings is 1. The van der Waals surface area contributed by atoms with Crippen LogP contribution < -0.4 is 5.73 Å². The van der Waals surface area contributed by atoms with Crippen LogP contribution in [0.3, 0.4) is 0 Å². The molecule has 0 unspecified atom stereocenters. The van der Waals surface area contributed by atoms with Gasteiger partial charge in [-0.1, -0.05) is 26.8 Å². The van der Waals surface area contributed by atoms with Gasteiger partial charge in [-0.15, -0.1) is 0 Å². The van der Waals surface area contributed by atoms with Crippen molar-refractivity contribution in [2.24, 2.45) is 23.5 Å². The molecule has 1 saturated carbocycles. The molecule has 0 aromatic heterocycles. The molecule has 1 aromatic rings. The minimum Gasteiger partial charge on any atom is -0.366 e. The Morgan fingerprint density at radius 3 is 2.83 bits per heavy atom. The molecule has 3 aliphatic rings. The number of nitrogens with zero attached hydrogens (tertiary/aromatic N) is 1. The molecule has 2 N–H and O–H groups in total. The van der Waals surface area contributed by atoms with E-state index in [1.54, 1.807) is 0 Å². The SMILES string of the molecule is C[C@@H](CN1CC[C@]2(C)c3cc(C(N)=O)ccc3C[C@@H]1[C@@H]2C)C1CC1. The maximum atomic E-state index is 11.6. The normalized spacial score (nSPS) is 33.8. The smallest absolute Gasteiger partial charge is 0.248 e. The lowest BCUT2D eigenvalue weighted by molar-refractivity contribution is 0.0206. The maximum absolute atomic E-state index is 11.6. The molecular weight excluding hydrogens is 296 g/mol. The van der Waals surface area contributed by atoms with Crippen molar-refractivity contribution in [3.05, 3.63) is 34.9 Å². The molecule has 2 fully saturated rings. The maximum Gasteiger partial charge on any atom is 0.248 e. The summed E-state index contributed by atoms with van der Waals surface area (Å²) in [7, 11) is 0. The minimum absolute atomic E-state index is 0.170. The van der Waals surface area contributed by atoms with E-state index in [0.717, 1.165) is 18.3 Å². The fourth-order valence-corrected chi connectivity index (χ4v) is 5.27. The molecule has 3 heteroatoms. The van der Waals surface area contributed by atoms with Crippen molar-refractivity contribution in [3.8, 4) is 0 Å². The van der Waals surface area contributed by atoms with E-state index >= 15 is 0 Å². The van der Waals surface area contributed by atoms with Gasteiger partial charge in [-0.3, -0.25) is 9.69 Å². The molecule has 0 radical (unpaired) electrons. The third-order valence-corrected chi connectivity index (χ3v) is 7.36. The van der Waals surface area contributed by atoms with Gasteiger partial charge in [0.2, 0.25) is 5.91 Å². The summed E-state index contributed by atoms with van der Waals surface area (Å²) < 4.78 is 0. The zero-order valence-electron chi connectivity index (χ0n) is 15.2. The summed E-state index contributed by atoms with van der Waals surface area (Å²) in [6.45, 7) is 9.69. The summed E-state index contributed by atoms with van der Waals surface area (Å²) in [5, 5.41) is 0. The molecule has 1 aliphatic heterocycles. The van der Waals surface area contributed by atoms with Crippen molar-refractivity contribution in [3.63, 3.8) is 0 Å². The molecule has 1 heterocycles. The number of carbonyl (C=O) groups excluding carboxylic acids is 1. The third-order valence-electron chi connectivity index (χ3n) is 7.36. The molecule has 1 saturated heterocycles. The van der Waals surface area contributed by atoms with Crippen LogP contribution in [-0.2, 0) is 11.8 Å². The summed E-state index contributed by atoms with van der Waals surface area (Å²) in [6.07, 6.45) is 5.16. The molecule has 4 rings (SSSR count). The van der Waals surface area contributed by atoms with Gasteiger partial charge in [0.25, 0.3) is 0 Å². The van der Waals surface area contributed by atoms with Crippen LogP contribution in [0.2, 0.25) is 0 Å². The summed E-state index contributed by atoms with van der Waals surface area (Å²) in [5.74, 6) is 2.11. The van der Waals surface area contributed by atoms with Crippen molar-refractivity contribution in [1.29, 1.82) is 0 Å². The number of rotatable bonds is 4. The van der Waals surface area contributed by atoms with Crippen LogP contribution in [0.1, 0.15) is 61.5 Å². The molecule has 4 atom stereocenters. The van der Waals surface area contributed by atoms with Crippen LogP contribution in [0, 0.1) is 17.8 Å². The van der Waals surface area contributed by atoms with Crippen LogP contribution >= 0.6 is 0 Å². The van der Waals surface area contributed by atoms with Gasteiger partial charge in [-0.05, 0) is 78.7 Å². The molecular formula is C21H30N2O. The first-order chi connectivity index (χ1) is 11.4. The second kappa shape index (κ2) is 5.59. The highest BCUT2D eigenvalue weighted by molar-refractivity contribution is 5.93. The summed E-state index contributed by atoms with van der Waals surface area (Å²) >= 11 is 0. The Labute approximate surface area is 145 Å². The van der Waals surface area contributed by atoms with E-state index in [9.17, 15) is 4.79 Å². The van der Waals surface area contributed by atoms with E-state index in [-0.39, 0.29) is 11.3 Å². The van der Waals surface area contributed by atoms with Gasteiger partial charge in [0.15, 0.2) is 0 Å². The van der Waals surface area contributed by atoms with Gasteiger partial charge in [-0.25, -0.2) is 0 Å². The standard InChI is InChI=1S/C21H30N2O/c1-13(15-4-5-15)12-23-9-8-21(3)14(2)19(23)11-16-6-7-17(20(22)24)10-18(16)21/h6-7,10,13-15,19H,4-5,8-9,11-12H2,1-3H3,(H2,22,24)/t13-,14-,19+,21-/m0/s1. The molecule has 0 spiro atoms. The van der Waals surface area contributed by atoms with Gasteiger partial charge >= 0.3 is 0 Å². The quantitative estimate of drug-likeness (QED) is 0.922. The first-order valence-corrected chi connectivity index (χ1v) is 9.57. The predicted octanol–water partition coefficient (Wildman–Crippen LogP) is 3.36. The Balaban J connectivity index is 1.64. The van der Waals surface area contributed by atoms with Crippen LogP contribution in [-0.4, -0.2) is 29.9 Å². The predicted molar refractivity (Wildman–Crippen MR) is 97.0 cm³/mol. The second-order valence-electron chi connectivity index (χ2n) is 8.77. The van der Waals surface area contributed by atoms with E-state index in [2.05, 4.69) is 37.8 Å². The lowest BCUT2D eigenvalue weighted by atomic mass is 9.58. The molecule has 24 heavy (non-hydrogen) atoms. The first kappa shape index (κ1) is 16.1. The van der Waals surface area contributed by atoms with Crippen molar-refractivity contribution in [2.45, 2.75) is 57.9 Å². The van der Waals surface area contributed by atoms with Crippen LogP contribution in [0.4, 0.5) is 0 Å². The highest BCUT2D eigenvalue weighted by Gasteiger charge is 2.48.